The smallest absolute Gasteiger partial charge is 0.339 e. The van der Waals surface area contributed by atoms with Crippen molar-refractivity contribution in [1.29, 1.82) is 0 Å². The van der Waals surface area contributed by atoms with Gasteiger partial charge in [0.2, 0.25) is 0 Å². The number of benzene rings is 1. The SMILES string of the molecule is Cc1ccc(F)cc1C(=O)OCC(=O)NCC1CCCCC1. The minimum Gasteiger partial charge on any atom is -0.452 e. The van der Waals surface area contributed by atoms with Crippen LogP contribution < -0.4 is 5.32 Å². The maximum atomic E-state index is 13.1. The summed E-state index contributed by atoms with van der Waals surface area (Å²) in [5, 5.41) is 2.79. The normalized spacial score (nSPS) is 15.4. The quantitative estimate of drug-likeness (QED) is 0.851. The van der Waals surface area contributed by atoms with Crippen LogP contribution in [0.2, 0.25) is 0 Å². The fraction of sp³-hybridized carbons (Fsp3) is 0.529. The van der Waals surface area contributed by atoms with Crippen LogP contribution in [-0.4, -0.2) is 25.0 Å². The van der Waals surface area contributed by atoms with Crippen LogP contribution in [0.25, 0.3) is 0 Å². The second-order valence-electron chi connectivity index (χ2n) is 5.84. The summed E-state index contributed by atoms with van der Waals surface area (Å²) in [4.78, 5) is 23.6. The van der Waals surface area contributed by atoms with Crippen LogP contribution in [0.5, 0.6) is 0 Å². The van der Waals surface area contributed by atoms with E-state index in [4.69, 9.17) is 4.74 Å². The monoisotopic (exact) mass is 307 g/mol. The number of rotatable bonds is 5. The molecule has 0 heterocycles. The number of carbonyl (C=O) groups excluding carboxylic acids is 2. The highest BCUT2D eigenvalue weighted by atomic mass is 19.1. The Balaban J connectivity index is 1.75. The van der Waals surface area contributed by atoms with Gasteiger partial charge in [0.1, 0.15) is 5.82 Å². The van der Waals surface area contributed by atoms with Gasteiger partial charge in [-0.05, 0) is 43.4 Å². The topological polar surface area (TPSA) is 55.4 Å². The van der Waals surface area contributed by atoms with E-state index < -0.39 is 11.8 Å². The molecule has 1 saturated carbocycles. The molecule has 5 heteroatoms. The van der Waals surface area contributed by atoms with E-state index in [0.717, 1.165) is 18.9 Å². The largest absolute Gasteiger partial charge is 0.452 e. The molecule has 1 aliphatic carbocycles. The molecule has 1 N–H and O–H groups in total. The average Bonchev–Trinajstić information content (AvgIpc) is 2.54. The van der Waals surface area contributed by atoms with Gasteiger partial charge < -0.3 is 10.1 Å². The van der Waals surface area contributed by atoms with Gasteiger partial charge in [-0.3, -0.25) is 4.79 Å². The maximum Gasteiger partial charge on any atom is 0.339 e. The number of amides is 1. The number of hydrogen-bond donors (Lipinski definition) is 1. The van der Waals surface area contributed by atoms with Crippen molar-refractivity contribution in [1.82, 2.24) is 5.32 Å². The van der Waals surface area contributed by atoms with E-state index in [-0.39, 0.29) is 18.1 Å². The lowest BCUT2D eigenvalue weighted by Crippen LogP contribution is -2.33. The predicted molar refractivity (Wildman–Crippen MR) is 81.0 cm³/mol. The van der Waals surface area contributed by atoms with Gasteiger partial charge in [0.15, 0.2) is 6.61 Å². The van der Waals surface area contributed by atoms with Crippen molar-refractivity contribution in [3.8, 4) is 0 Å². The molecule has 1 aromatic rings. The van der Waals surface area contributed by atoms with Crippen LogP contribution in [0.15, 0.2) is 18.2 Å². The molecule has 2 rings (SSSR count). The molecule has 0 unspecified atom stereocenters. The Morgan fingerprint density at radius 1 is 1.27 bits per heavy atom. The molecular weight excluding hydrogens is 285 g/mol. The van der Waals surface area contributed by atoms with Crippen molar-refractivity contribution in [2.45, 2.75) is 39.0 Å². The molecule has 4 nitrogen and oxygen atoms in total. The first-order valence-corrected chi connectivity index (χ1v) is 7.76. The summed E-state index contributed by atoms with van der Waals surface area (Å²) in [7, 11) is 0. The number of hydrogen-bond acceptors (Lipinski definition) is 3. The van der Waals surface area contributed by atoms with E-state index in [2.05, 4.69) is 5.32 Å². The Kier molecular flexibility index (Phi) is 5.92. The van der Waals surface area contributed by atoms with Gasteiger partial charge in [-0.25, -0.2) is 9.18 Å². The molecule has 1 amide bonds. The van der Waals surface area contributed by atoms with Crippen LogP contribution in [0.4, 0.5) is 4.39 Å². The molecule has 0 spiro atoms. The van der Waals surface area contributed by atoms with Gasteiger partial charge in [0, 0.05) is 6.54 Å². The highest BCUT2D eigenvalue weighted by Crippen LogP contribution is 2.22. The molecule has 0 radical (unpaired) electrons. The van der Waals surface area contributed by atoms with Crippen molar-refractivity contribution in [3.05, 3.63) is 35.1 Å². The standard InChI is InChI=1S/C17H22FNO3/c1-12-7-8-14(18)9-15(12)17(21)22-11-16(20)19-10-13-5-3-2-4-6-13/h7-9,13H,2-6,10-11H2,1H3,(H,19,20). The molecule has 0 aromatic heterocycles. The molecule has 22 heavy (non-hydrogen) atoms. The van der Waals surface area contributed by atoms with Gasteiger partial charge in [-0.1, -0.05) is 25.3 Å². The summed E-state index contributed by atoms with van der Waals surface area (Å²) in [6.45, 7) is 2.00. The Bertz CT molecular complexity index is 539. The number of aryl methyl sites for hydroxylation is 1. The zero-order valence-electron chi connectivity index (χ0n) is 12.9. The van der Waals surface area contributed by atoms with Crippen LogP contribution in [0.3, 0.4) is 0 Å². The summed E-state index contributed by atoms with van der Waals surface area (Å²) in [5.41, 5.74) is 0.772. The summed E-state index contributed by atoms with van der Waals surface area (Å²) in [6.07, 6.45) is 5.99. The van der Waals surface area contributed by atoms with Gasteiger partial charge in [0.25, 0.3) is 5.91 Å². The second-order valence-corrected chi connectivity index (χ2v) is 5.84. The first kappa shape index (κ1) is 16.5. The lowest BCUT2D eigenvalue weighted by atomic mass is 9.89. The Morgan fingerprint density at radius 2 is 2.00 bits per heavy atom. The third-order valence-electron chi connectivity index (χ3n) is 4.07. The third-order valence-corrected chi connectivity index (χ3v) is 4.07. The maximum absolute atomic E-state index is 13.1. The highest BCUT2D eigenvalue weighted by molar-refractivity contribution is 5.92. The lowest BCUT2D eigenvalue weighted by molar-refractivity contribution is -0.124. The minimum atomic E-state index is -0.676. The summed E-state index contributed by atoms with van der Waals surface area (Å²) in [5.74, 6) is -0.962. The Hall–Kier alpha value is -1.91. The van der Waals surface area contributed by atoms with E-state index >= 15 is 0 Å². The van der Waals surface area contributed by atoms with Gasteiger partial charge in [-0.15, -0.1) is 0 Å². The molecular formula is C17H22FNO3. The van der Waals surface area contributed by atoms with Crippen molar-refractivity contribution in [3.63, 3.8) is 0 Å². The second kappa shape index (κ2) is 7.92. The highest BCUT2D eigenvalue weighted by Gasteiger charge is 2.16. The Morgan fingerprint density at radius 3 is 2.73 bits per heavy atom. The minimum absolute atomic E-state index is 0.153. The molecule has 120 valence electrons. The van der Waals surface area contributed by atoms with Crippen molar-refractivity contribution >= 4 is 11.9 Å². The first-order chi connectivity index (χ1) is 10.6. The van der Waals surface area contributed by atoms with E-state index in [1.165, 1.54) is 31.4 Å². The van der Waals surface area contributed by atoms with Gasteiger partial charge in [0.05, 0.1) is 5.56 Å². The molecule has 0 saturated heterocycles. The number of halogens is 1. The molecule has 1 fully saturated rings. The van der Waals surface area contributed by atoms with Crippen molar-refractivity contribution < 1.29 is 18.7 Å². The molecule has 1 aliphatic rings. The third kappa shape index (κ3) is 4.83. The first-order valence-electron chi connectivity index (χ1n) is 7.76. The fourth-order valence-electron chi connectivity index (χ4n) is 2.72. The molecule has 1 aromatic carbocycles. The van der Waals surface area contributed by atoms with E-state index in [0.29, 0.717) is 18.0 Å². The number of carbonyl (C=O) groups is 2. The van der Waals surface area contributed by atoms with Gasteiger partial charge in [-0.2, -0.15) is 0 Å². The van der Waals surface area contributed by atoms with Crippen LogP contribution in [-0.2, 0) is 9.53 Å². The Labute approximate surface area is 130 Å². The molecule has 0 bridgehead atoms. The number of nitrogens with one attached hydrogen (secondary N) is 1. The summed E-state index contributed by atoms with van der Waals surface area (Å²) < 4.78 is 18.1. The summed E-state index contributed by atoms with van der Waals surface area (Å²) in [6, 6.07) is 3.91. The van der Waals surface area contributed by atoms with Crippen molar-refractivity contribution in [2.75, 3.05) is 13.2 Å². The molecule has 0 atom stereocenters. The van der Waals surface area contributed by atoms with E-state index in [1.54, 1.807) is 6.92 Å². The fourth-order valence-corrected chi connectivity index (χ4v) is 2.72. The lowest BCUT2D eigenvalue weighted by Gasteiger charge is -2.21. The predicted octanol–water partition coefficient (Wildman–Crippen LogP) is 2.99. The zero-order valence-corrected chi connectivity index (χ0v) is 12.9. The van der Waals surface area contributed by atoms with Crippen LogP contribution >= 0.6 is 0 Å². The number of esters is 1. The van der Waals surface area contributed by atoms with E-state index in [9.17, 15) is 14.0 Å². The van der Waals surface area contributed by atoms with E-state index in [1.807, 2.05) is 0 Å². The molecule has 0 aliphatic heterocycles. The van der Waals surface area contributed by atoms with Crippen LogP contribution in [0, 0.1) is 18.7 Å². The zero-order chi connectivity index (χ0) is 15.9. The van der Waals surface area contributed by atoms with Crippen molar-refractivity contribution in [2.24, 2.45) is 5.92 Å². The van der Waals surface area contributed by atoms with Gasteiger partial charge >= 0.3 is 5.97 Å². The number of ether oxygens (including phenoxy) is 1. The van der Waals surface area contributed by atoms with Crippen LogP contribution in [0.1, 0.15) is 48.0 Å². The average molecular weight is 307 g/mol. The summed E-state index contributed by atoms with van der Waals surface area (Å²) >= 11 is 0.